The number of ether oxygens (including phenoxy) is 2. The van der Waals surface area contributed by atoms with E-state index in [4.69, 9.17) is 15.9 Å². The second-order valence-corrected chi connectivity index (χ2v) is 3.11. The highest BCUT2D eigenvalue weighted by atomic mass is 16.5. The van der Waals surface area contributed by atoms with Crippen LogP contribution in [-0.4, -0.2) is 31.7 Å². The fourth-order valence-electron chi connectivity index (χ4n) is 1.55. The molecule has 0 aliphatic carbocycles. The molecule has 0 saturated carbocycles. The van der Waals surface area contributed by atoms with Crippen LogP contribution < -0.4 is 0 Å². The molecule has 1 fully saturated rings. The molecule has 0 aromatic heterocycles. The summed E-state index contributed by atoms with van der Waals surface area (Å²) in [7, 11) is 1.56. The van der Waals surface area contributed by atoms with Crippen LogP contribution >= 0.6 is 0 Å². The molecule has 13 heavy (non-hydrogen) atoms. The van der Waals surface area contributed by atoms with Crippen molar-refractivity contribution in [3.8, 4) is 12.3 Å². The zero-order valence-corrected chi connectivity index (χ0v) is 7.84. The van der Waals surface area contributed by atoms with Gasteiger partial charge in [-0.25, -0.2) is 0 Å². The average Bonchev–Trinajstić information content (AvgIpc) is 2.19. The number of methoxy groups -OCH3 is 1. The molecule has 0 aromatic carbocycles. The second-order valence-electron chi connectivity index (χ2n) is 3.11. The normalized spacial score (nSPS) is 20.6. The summed E-state index contributed by atoms with van der Waals surface area (Å²) in [5.41, 5.74) is -0.676. The number of Topliss-reactive ketones (excluding diaryl/α,β-unsaturated/α-hetero) is 1. The molecule has 0 radical (unpaired) electrons. The van der Waals surface area contributed by atoms with Crippen molar-refractivity contribution in [1.82, 2.24) is 0 Å². The summed E-state index contributed by atoms with van der Waals surface area (Å²) in [6, 6.07) is 0. The van der Waals surface area contributed by atoms with Crippen LogP contribution in [0, 0.1) is 12.3 Å². The van der Waals surface area contributed by atoms with Crippen molar-refractivity contribution in [1.29, 1.82) is 0 Å². The lowest BCUT2D eigenvalue weighted by Gasteiger charge is -2.33. The number of rotatable bonds is 3. The second kappa shape index (κ2) is 4.40. The molecule has 72 valence electrons. The third kappa shape index (κ3) is 2.09. The lowest BCUT2D eigenvalue weighted by atomic mass is 9.88. The molecule has 0 spiro atoms. The SMILES string of the molecule is C#CCC(=O)C1(OC)CCOCC1. The molecule has 0 aromatic rings. The van der Waals surface area contributed by atoms with Crippen LogP contribution in [0.1, 0.15) is 19.3 Å². The zero-order valence-electron chi connectivity index (χ0n) is 7.84. The minimum absolute atomic E-state index is 0.000741. The van der Waals surface area contributed by atoms with E-state index in [9.17, 15) is 4.79 Å². The topological polar surface area (TPSA) is 35.5 Å². The summed E-state index contributed by atoms with van der Waals surface area (Å²) < 4.78 is 10.4. The zero-order chi connectivity index (χ0) is 9.73. The summed E-state index contributed by atoms with van der Waals surface area (Å²) in [6.45, 7) is 1.15. The Hall–Kier alpha value is -0.850. The van der Waals surface area contributed by atoms with Crippen LogP contribution in [0.15, 0.2) is 0 Å². The molecule has 0 unspecified atom stereocenters. The van der Waals surface area contributed by atoms with Gasteiger partial charge in [-0.05, 0) is 0 Å². The Morgan fingerprint density at radius 1 is 1.62 bits per heavy atom. The highest BCUT2D eigenvalue weighted by Crippen LogP contribution is 2.26. The van der Waals surface area contributed by atoms with Gasteiger partial charge in [0.15, 0.2) is 5.78 Å². The maximum absolute atomic E-state index is 11.6. The third-order valence-corrected chi connectivity index (χ3v) is 2.46. The Morgan fingerprint density at radius 2 is 2.23 bits per heavy atom. The predicted octanol–water partition coefficient (Wildman–Crippen LogP) is 0.774. The lowest BCUT2D eigenvalue weighted by Crippen LogP contribution is -2.45. The third-order valence-electron chi connectivity index (χ3n) is 2.46. The largest absolute Gasteiger partial charge is 0.381 e. The van der Waals surface area contributed by atoms with E-state index in [0.29, 0.717) is 26.1 Å². The van der Waals surface area contributed by atoms with Crippen molar-refractivity contribution in [2.24, 2.45) is 0 Å². The van der Waals surface area contributed by atoms with Crippen molar-refractivity contribution in [3.63, 3.8) is 0 Å². The fourth-order valence-corrected chi connectivity index (χ4v) is 1.55. The van der Waals surface area contributed by atoms with Gasteiger partial charge in [-0.15, -0.1) is 6.42 Å². The quantitative estimate of drug-likeness (QED) is 0.605. The minimum atomic E-state index is -0.676. The molecular weight excluding hydrogens is 168 g/mol. The predicted molar refractivity (Wildman–Crippen MR) is 48.3 cm³/mol. The van der Waals surface area contributed by atoms with Crippen molar-refractivity contribution < 1.29 is 14.3 Å². The van der Waals surface area contributed by atoms with Crippen molar-refractivity contribution >= 4 is 5.78 Å². The van der Waals surface area contributed by atoms with E-state index in [1.165, 1.54) is 0 Å². The molecule has 0 N–H and O–H groups in total. The maximum atomic E-state index is 11.6. The Labute approximate surface area is 78.4 Å². The summed E-state index contributed by atoms with van der Waals surface area (Å²) in [5, 5.41) is 0. The first-order valence-corrected chi connectivity index (χ1v) is 4.35. The number of carbonyl (C=O) groups excluding carboxylic acids is 1. The van der Waals surface area contributed by atoms with E-state index < -0.39 is 5.60 Å². The van der Waals surface area contributed by atoms with Gasteiger partial charge in [0.25, 0.3) is 0 Å². The van der Waals surface area contributed by atoms with E-state index in [2.05, 4.69) is 5.92 Å². The minimum Gasteiger partial charge on any atom is -0.381 e. The fraction of sp³-hybridized carbons (Fsp3) is 0.700. The lowest BCUT2D eigenvalue weighted by molar-refractivity contribution is -0.151. The number of hydrogen-bond acceptors (Lipinski definition) is 3. The van der Waals surface area contributed by atoms with Gasteiger partial charge in [-0.2, -0.15) is 0 Å². The van der Waals surface area contributed by atoms with Gasteiger partial charge in [0.2, 0.25) is 0 Å². The van der Waals surface area contributed by atoms with Crippen molar-refractivity contribution in [2.45, 2.75) is 24.9 Å². The highest BCUT2D eigenvalue weighted by molar-refractivity contribution is 5.89. The van der Waals surface area contributed by atoms with Crippen LogP contribution in [0.5, 0.6) is 0 Å². The number of carbonyl (C=O) groups is 1. The maximum Gasteiger partial charge on any atom is 0.176 e. The van der Waals surface area contributed by atoms with Gasteiger partial charge >= 0.3 is 0 Å². The first kappa shape index (κ1) is 10.2. The standard InChI is InChI=1S/C10H14O3/c1-3-4-9(11)10(12-2)5-7-13-8-6-10/h1H,4-8H2,2H3. The molecule has 1 heterocycles. The van der Waals surface area contributed by atoms with Gasteiger partial charge in [-0.1, -0.05) is 5.92 Å². The highest BCUT2D eigenvalue weighted by Gasteiger charge is 2.38. The molecular formula is C10H14O3. The summed E-state index contributed by atoms with van der Waals surface area (Å²) in [5.74, 6) is 2.35. The van der Waals surface area contributed by atoms with Crippen LogP contribution in [0.4, 0.5) is 0 Å². The molecule has 1 saturated heterocycles. The van der Waals surface area contributed by atoms with Crippen LogP contribution in [-0.2, 0) is 14.3 Å². The van der Waals surface area contributed by atoms with E-state index in [1.54, 1.807) is 7.11 Å². The summed E-state index contributed by atoms with van der Waals surface area (Å²) >= 11 is 0. The Bertz CT molecular complexity index is 221. The summed E-state index contributed by atoms with van der Waals surface area (Å²) in [6.07, 6.45) is 6.47. The Kier molecular flexibility index (Phi) is 3.47. The van der Waals surface area contributed by atoms with Gasteiger partial charge in [0, 0.05) is 33.2 Å². The first-order valence-electron chi connectivity index (χ1n) is 4.35. The van der Waals surface area contributed by atoms with E-state index in [0.717, 1.165) is 0 Å². The monoisotopic (exact) mass is 182 g/mol. The van der Waals surface area contributed by atoms with Gasteiger partial charge in [0.1, 0.15) is 5.60 Å². The van der Waals surface area contributed by atoms with Gasteiger partial charge < -0.3 is 9.47 Å². The van der Waals surface area contributed by atoms with Gasteiger partial charge in [-0.3, -0.25) is 4.79 Å². The molecule has 1 rings (SSSR count). The molecule has 3 heteroatoms. The van der Waals surface area contributed by atoms with Crippen molar-refractivity contribution in [3.05, 3.63) is 0 Å². The molecule has 1 aliphatic heterocycles. The molecule has 0 atom stereocenters. The van der Waals surface area contributed by atoms with E-state index >= 15 is 0 Å². The molecule has 0 bridgehead atoms. The van der Waals surface area contributed by atoms with Crippen molar-refractivity contribution in [2.75, 3.05) is 20.3 Å². The number of terminal acetylenes is 1. The Balaban J connectivity index is 2.67. The summed E-state index contributed by atoms with van der Waals surface area (Å²) in [4.78, 5) is 11.6. The molecule has 1 aliphatic rings. The number of ketones is 1. The van der Waals surface area contributed by atoms with Crippen LogP contribution in [0.3, 0.4) is 0 Å². The Morgan fingerprint density at radius 3 is 2.69 bits per heavy atom. The molecule has 3 nitrogen and oxygen atoms in total. The van der Waals surface area contributed by atoms with Crippen LogP contribution in [0.2, 0.25) is 0 Å². The smallest absolute Gasteiger partial charge is 0.176 e. The number of hydrogen-bond donors (Lipinski definition) is 0. The van der Waals surface area contributed by atoms with Crippen LogP contribution in [0.25, 0.3) is 0 Å². The first-order chi connectivity index (χ1) is 6.25. The van der Waals surface area contributed by atoms with E-state index in [1.807, 2.05) is 0 Å². The van der Waals surface area contributed by atoms with Gasteiger partial charge in [0.05, 0.1) is 6.42 Å². The average molecular weight is 182 g/mol. The molecule has 0 amide bonds. The van der Waals surface area contributed by atoms with E-state index in [-0.39, 0.29) is 12.2 Å².